The van der Waals surface area contributed by atoms with Crippen molar-refractivity contribution in [3.05, 3.63) is 28.9 Å². The molecule has 1 heterocycles. The Labute approximate surface area is 104 Å². The van der Waals surface area contributed by atoms with Gasteiger partial charge in [0.1, 0.15) is 0 Å². The van der Waals surface area contributed by atoms with E-state index in [4.69, 9.17) is 0 Å². The van der Waals surface area contributed by atoms with E-state index in [1.165, 1.54) is 0 Å². The molecular formula is C12H14BrN3. The van der Waals surface area contributed by atoms with Crippen LogP contribution >= 0.6 is 15.9 Å². The zero-order valence-corrected chi connectivity index (χ0v) is 11.0. The molecule has 0 spiro atoms. The van der Waals surface area contributed by atoms with E-state index in [0.717, 1.165) is 34.3 Å². The second-order valence-electron chi connectivity index (χ2n) is 3.79. The van der Waals surface area contributed by atoms with E-state index in [0.29, 0.717) is 0 Å². The van der Waals surface area contributed by atoms with Crippen molar-refractivity contribution in [1.82, 2.24) is 9.97 Å². The first-order valence-electron chi connectivity index (χ1n) is 5.34. The molecule has 1 aromatic carbocycles. The summed E-state index contributed by atoms with van der Waals surface area (Å²) in [6.45, 7) is 3.12. The van der Waals surface area contributed by atoms with Crippen molar-refractivity contribution in [2.24, 2.45) is 0 Å². The topological polar surface area (TPSA) is 29.0 Å². The predicted molar refractivity (Wildman–Crippen MR) is 70.8 cm³/mol. The fourth-order valence-electron chi connectivity index (χ4n) is 1.61. The van der Waals surface area contributed by atoms with Crippen molar-refractivity contribution < 1.29 is 0 Å². The summed E-state index contributed by atoms with van der Waals surface area (Å²) in [5.41, 5.74) is 0.983. The Morgan fingerprint density at radius 1 is 1.38 bits per heavy atom. The Morgan fingerprint density at radius 2 is 2.19 bits per heavy atom. The van der Waals surface area contributed by atoms with Gasteiger partial charge in [-0.25, -0.2) is 9.97 Å². The Kier molecular flexibility index (Phi) is 3.39. The van der Waals surface area contributed by atoms with Gasteiger partial charge in [-0.15, -0.1) is 0 Å². The van der Waals surface area contributed by atoms with E-state index >= 15 is 0 Å². The monoisotopic (exact) mass is 279 g/mol. The van der Waals surface area contributed by atoms with Crippen molar-refractivity contribution in [2.75, 3.05) is 18.5 Å². The SMILES string of the molecule is CCCN(C)c1ncc2cc(Br)ccc2n1. The van der Waals surface area contributed by atoms with Crippen molar-refractivity contribution in [3.8, 4) is 0 Å². The van der Waals surface area contributed by atoms with Crippen LogP contribution in [0.1, 0.15) is 13.3 Å². The molecule has 0 aliphatic rings. The summed E-state index contributed by atoms with van der Waals surface area (Å²) in [5.74, 6) is 0.789. The van der Waals surface area contributed by atoms with Crippen LogP contribution in [-0.4, -0.2) is 23.6 Å². The molecule has 2 rings (SSSR count). The molecule has 84 valence electrons. The number of benzene rings is 1. The van der Waals surface area contributed by atoms with Crippen LogP contribution in [0.5, 0.6) is 0 Å². The molecule has 0 radical (unpaired) electrons. The minimum absolute atomic E-state index is 0.789. The van der Waals surface area contributed by atoms with Crippen molar-refractivity contribution in [2.45, 2.75) is 13.3 Å². The van der Waals surface area contributed by atoms with Crippen LogP contribution < -0.4 is 4.90 Å². The van der Waals surface area contributed by atoms with Crippen LogP contribution in [0.25, 0.3) is 10.9 Å². The molecule has 2 aromatic rings. The molecule has 4 heteroatoms. The smallest absolute Gasteiger partial charge is 0.225 e. The van der Waals surface area contributed by atoms with Crippen LogP contribution in [0.15, 0.2) is 28.9 Å². The average molecular weight is 280 g/mol. The van der Waals surface area contributed by atoms with Crippen molar-refractivity contribution >= 4 is 32.8 Å². The number of fused-ring (bicyclic) bond motifs is 1. The summed E-state index contributed by atoms with van der Waals surface area (Å²) in [4.78, 5) is 11.0. The van der Waals surface area contributed by atoms with E-state index < -0.39 is 0 Å². The maximum absolute atomic E-state index is 4.53. The average Bonchev–Trinajstić information content (AvgIpc) is 2.28. The normalized spacial score (nSPS) is 10.7. The van der Waals surface area contributed by atoms with E-state index in [1.807, 2.05) is 31.4 Å². The highest BCUT2D eigenvalue weighted by atomic mass is 79.9. The van der Waals surface area contributed by atoms with Gasteiger partial charge < -0.3 is 4.90 Å². The van der Waals surface area contributed by atoms with Gasteiger partial charge >= 0.3 is 0 Å². The summed E-state index contributed by atoms with van der Waals surface area (Å²) < 4.78 is 1.05. The van der Waals surface area contributed by atoms with E-state index in [2.05, 4.69) is 37.7 Å². The summed E-state index contributed by atoms with van der Waals surface area (Å²) in [6.07, 6.45) is 2.97. The Hall–Kier alpha value is -1.16. The summed E-state index contributed by atoms with van der Waals surface area (Å²) in [7, 11) is 2.02. The summed E-state index contributed by atoms with van der Waals surface area (Å²) >= 11 is 3.44. The lowest BCUT2D eigenvalue weighted by Crippen LogP contribution is -2.20. The number of hydrogen-bond donors (Lipinski definition) is 0. The van der Waals surface area contributed by atoms with Crippen molar-refractivity contribution in [1.29, 1.82) is 0 Å². The van der Waals surface area contributed by atoms with Gasteiger partial charge in [0.15, 0.2) is 0 Å². The summed E-state index contributed by atoms with van der Waals surface area (Å²) in [5, 5.41) is 1.06. The predicted octanol–water partition coefficient (Wildman–Crippen LogP) is 3.24. The number of anilines is 1. The number of nitrogens with zero attached hydrogens (tertiary/aromatic N) is 3. The second kappa shape index (κ2) is 4.78. The van der Waals surface area contributed by atoms with Crippen LogP contribution in [0.2, 0.25) is 0 Å². The van der Waals surface area contributed by atoms with Crippen LogP contribution in [0.4, 0.5) is 5.95 Å². The number of aromatic nitrogens is 2. The third-order valence-corrected chi connectivity index (χ3v) is 2.92. The highest BCUT2D eigenvalue weighted by Crippen LogP contribution is 2.19. The van der Waals surface area contributed by atoms with Crippen LogP contribution in [0.3, 0.4) is 0 Å². The fourth-order valence-corrected chi connectivity index (χ4v) is 1.99. The molecule has 0 atom stereocenters. The Balaban J connectivity index is 2.40. The number of rotatable bonds is 3. The Bertz CT molecular complexity index is 499. The van der Waals surface area contributed by atoms with E-state index in [1.54, 1.807) is 0 Å². The lowest BCUT2D eigenvalue weighted by molar-refractivity contribution is 0.822. The molecule has 1 aromatic heterocycles. The molecule has 0 aliphatic heterocycles. The lowest BCUT2D eigenvalue weighted by atomic mass is 10.2. The van der Waals surface area contributed by atoms with Crippen molar-refractivity contribution in [3.63, 3.8) is 0 Å². The molecule has 0 saturated carbocycles. The quantitative estimate of drug-likeness (QED) is 0.864. The van der Waals surface area contributed by atoms with Gasteiger partial charge in [0, 0.05) is 29.6 Å². The highest BCUT2D eigenvalue weighted by molar-refractivity contribution is 9.10. The Morgan fingerprint density at radius 3 is 2.94 bits per heavy atom. The first kappa shape index (κ1) is 11.3. The lowest BCUT2D eigenvalue weighted by Gasteiger charge is -2.15. The molecule has 0 amide bonds. The highest BCUT2D eigenvalue weighted by Gasteiger charge is 2.04. The summed E-state index contributed by atoms with van der Waals surface area (Å²) in [6, 6.07) is 6.03. The minimum Gasteiger partial charge on any atom is -0.344 e. The van der Waals surface area contributed by atoms with Gasteiger partial charge in [0.25, 0.3) is 0 Å². The first-order chi connectivity index (χ1) is 7.70. The zero-order chi connectivity index (χ0) is 11.5. The van der Waals surface area contributed by atoms with E-state index in [-0.39, 0.29) is 0 Å². The van der Waals surface area contributed by atoms with Gasteiger partial charge in [-0.3, -0.25) is 0 Å². The van der Waals surface area contributed by atoms with Gasteiger partial charge in [-0.1, -0.05) is 22.9 Å². The number of hydrogen-bond acceptors (Lipinski definition) is 3. The van der Waals surface area contributed by atoms with Gasteiger partial charge in [0.2, 0.25) is 5.95 Å². The minimum atomic E-state index is 0.789. The van der Waals surface area contributed by atoms with Crippen LogP contribution in [-0.2, 0) is 0 Å². The third kappa shape index (κ3) is 2.32. The van der Waals surface area contributed by atoms with E-state index in [9.17, 15) is 0 Å². The molecule has 0 aliphatic carbocycles. The van der Waals surface area contributed by atoms with Gasteiger partial charge in [-0.05, 0) is 24.6 Å². The largest absolute Gasteiger partial charge is 0.344 e. The molecule has 0 saturated heterocycles. The molecule has 0 N–H and O–H groups in total. The van der Waals surface area contributed by atoms with Crippen LogP contribution in [0, 0.1) is 0 Å². The maximum Gasteiger partial charge on any atom is 0.225 e. The molecule has 3 nitrogen and oxygen atoms in total. The molecule has 0 fully saturated rings. The number of halogens is 1. The molecule has 0 bridgehead atoms. The van der Waals surface area contributed by atoms with Gasteiger partial charge in [0.05, 0.1) is 5.52 Å². The zero-order valence-electron chi connectivity index (χ0n) is 9.44. The third-order valence-electron chi connectivity index (χ3n) is 2.43. The molecule has 0 unspecified atom stereocenters. The van der Waals surface area contributed by atoms with Gasteiger partial charge in [-0.2, -0.15) is 0 Å². The standard InChI is InChI=1S/C12H14BrN3/c1-3-6-16(2)12-14-8-9-7-10(13)4-5-11(9)15-12/h4-5,7-8H,3,6H2,1-2H3. The first-order valence-corrected chi connectivity index (χ1v) is 6.13. The molecule has 16 heavy (non-hydrogen) atoms. The fraction of sp³-hybridized carbons (Fsp3) is 0.333. The second-order valence-corrected chi connectivity index (χ2v) is 4.71. The molecular weight excluding hydrogens is 266 g/mol. The maximum atomic E-state index is 4.53.